The number of benzene rings is 1. The van der Waals surface area contributed by atoms with Gasteiger partial charge in [-0.3, -0.25) is 19.7 Å². The Kier molecular flexibility index (Phi) is 10.1. The maximum absolute atomic E-state index is 12.3. The monoisotopic (exact) mass is 437 g/mol. The second kappa shape index (κ2) is 12.0. The predicted molar refractivity (Wildman–Crippen MR) is 112 cm³/mol. The molecule has 0 N–H and O–H groups in total. The SMILES string of the molecule is CCOC(=O)C(C(=O)OCC)C(CCc1ccc(C(=O)OC(C)(C)C)cc1)C[N+](=O)[O-]. The Morgan fingerprint density at radius 3 is 1.94 bits per heavy atom. The summed E-state index contributed by atoms with van der Waals surface area (Å²) >= 11 is 0. The average Bonchev–Trinajstić information content (AvgIpc) is 2.65. The van der Waals surface area contributed by atoms with Crippen molar-refractivity contribution in [2.75, 3.05) is 19.8 Å². The summed E-state index contributed by atoms with van der Waals surface area (Å²) in [4.78, 5) is 47.4. The van der Waals surface area contributed by atoms with E-state index in [1.807, 2.05) is 0 Å². The van der Waals surface area contributed by atoms with Gasteiger partial charge in [-0.15, -0.1) is 0 Å². The molecule has 9 nitrogen and oxygen atoms in total. The lowest BCUT2D eigenvalue weighted by Crippen LogP contribution is -2.38. The third kappa shape index (κ3) is 9.15. The number of nitro groups is 1. The standard InChI is InChI=1S/C22H31NO8/c1-6-29-20(25)18(21(26)30-7-2)17(14-23(27)28)13-10-15-8-11-16(12-9-15)19(24)31-22(3,4)5/h8-9,11-12,17-18H,6-7,10,13-14H2,1-5H3. The van der Waals surface area contributed by atoms with Crippen molar-refractivity contribution in [1.82, 2.24) is 0 Å². The van der Waals surface area contributed by atoms with E-state index >= 15 is 0 Å². The van der Waals surface area contributed by atoms with Crippen molar-refractivity contribution in [3.8, 4) is 0 Å². The van der Waals surface area contributed by atoms with Crippen molar-refractivity contribution < 1.29 is 33.5 Å². The first-order valence-electron chi connectivity index (χ1n) is 10.3. The van der Waals surface area contributed by atoms with Crippen LogP contribution in [0.15, 0.2) is 24.3 Å². The van der Waals surface area contributed by atoms with Crippen LogP contribution in [0, 0.1) is 22.0 Å². The number of rotatable bonds is 11. The lowest BCUT2D eigenvalue weighted by Gasteiger charge is -2.21. The van der Waals surface area contributed by atoms with Gasteiger partial charge < -0.3 is 14.2 Å². The normalized spacial score (nSPS) is 12.2. The van der Waals surface area contributed by atoms with Gasteiger partial charge in [-0.25, -0.2) is 4.79 Å². The molecule has 0 bridgehead atoms. The summed E-state index contributed by atoms with van der Waals surface area (Å²) in [6.45, 7) is 8.04. The van der Waals surface area contributed by atoms with E-state index in [4.69, 9.17) is 14.2 Å². The quantitative estimate of drug-likeness (QED) is 0.170. The first-order chi connectivity index (χ1) is 14.5. The van der Waals surface area contributed by atoms with Crippen molar-refractivity contribution >= 4 is 17.9 Å². The molecule has 0 spiro atoms. The molecule has 1 aromatic rings. The summed E-state index contributed by atoms with van der Waals surface area (Å²) in [7, 11) is 0. The fourth-order valence-electron chi connectivity index (χ4n) is 3.00. The number of carbonyl (C=O) groups excluding carboxylic acids is 3. The van der Waals surface area contributed by atoms with Crippen molar-refractivity contribution in [1.29, 1.82) is 0 Å². The lowest BCUT2D eigenvalue weighted by atomic mass is 9.86. The summed E-state index contributed by atoms with van der Waals surface area (Å²) in [5.74, 6) is -4.36. The molecule has 1 atom stereocenters. The Balaban J connectivity index is 2.96. The molecular weight excluding hydrogens is 406 g/mol. The highest BCUT2D eigenvalue weighted by atomic mass is 16.6. The van der Waals surface area contributed by atoms with Crippen LogP contribution >= 0.6 is 0 Å². The van der Waals surface area contributed by atoms with Crippen molar-refractivity contribution in [2.24, 2.45) is 11.8 Å². The Hall–Kier alpha value is -2.97. The van der Waals surface area contributed by atoms with Crippen LogP contribution in [0.25, 0.3) is 0 Å². The molecule has 9 heteroatoms. The van der Waals surface area contributed by atoms with Crippen LogP contribution in [0.5, 0.6) is 0 Å². The predicted octanol–water partition coefficient (Wildman–Crippen LogP) is 3.21. The van der Waals surface area contributed by atoms with Gasteiger partial charge in [-0.1, -0.05) is 12.1 Å². The molecule has 0 saturated heterocycles. The zero-order valence-electron chi connectivity index (χ0n) is 18.7. The third-order valence-corrected chi connectivity index (χ3v) is 4.33. The molecule has 0 aromatic heterocycles. The fourth-order valence-corrected chi connectivity index (χ4v) is 3.00. The van der Waals surface area contributed by atoms with Gasteiger partial charge in [0.25, 0.3) is 0 Å². The van der Waals surface area contributed by atoms with Crippen LogP contribution < -0.4 is 0 Å². The van der Waals surface area contributed by atoms with Gasteiger partial charge in [0, 0.05) is 10.8 Å². The molecule has 1 aromatic carbocycles. The highest BCUT2D eigenvalue weighted by Gasteiger charge is 2.40. The van der Waals surface area contributed by atoms with E-state index < -0.39 is 46.8 Å². The van der Waals surface area contributed by atoms with Crippen LogP contribution in [0.3, 0.4) is 0 Å². The average molecular weight is 437 g/mol. The highest BCUT2D eigenvalue weighted by molar-refractivity contribution is 5.95. The van der Waals surface area contributed by atoms with E-state index in [-0.39, 0.29) is 19.6 Å². The Bertz CT molecular complexity index is 749. The minimum absolute atomic E-state index is 0.0477. The smallest absolute Gasteiger partial charge is 0.338 e. The molecule has 0 aliphatic carbocycles. The second-order valence-corrected chi connectivity index (χ2v) is 7.99. The number of aryl methyl sites for hydroxylation is 1. The second-order valence-electron chi connectivity index (χ2n) is 7.99. The topological polar surface area (TPSA) is 122 Å². The summed E-state index contributed by atoms with van der Waals surface area (Å²) in [5.41, 5.74) is 0.573. The van der Waals surface area contributed by atoms with E-state index in [0.29, 0.717) is 12.0 Å². The van der Waals surface area contributed by atoms with Crippen LogP contribution in [0.4, 0.5) is 0 Å². The van der Waals surface area contributed by atoms with Crippen LogP contribution in [-0.2, 0) is 30.2 Å². The number of nitrogens with zero attached hydrogens (tertiary/aromatic N) is 1. The van der Waals surface area contributed by atoms with Gasteiger partial charge in [0.15, 0.2) is 5.92 Å². The number of hydrogen-bond acceptors (Lipinski definition) is 8. The molecule has 0 aliphatic rings. The summed E-state index contributed by atoms with van der Waals surface area (Å²) in [5, 5.41) is 11.2. The summed E-state index contributed by atoms with van der Waals surface area (Å²) in [6.07, 6.45) is 0.553. The number of carbonyl (C=O) groups is 3. The molecule has 0 heterocycles. The van der Waals surface area contributed by atoms with Gasteiger partial charge in [0.05, 0.1) is 18.8 Å². The minimum atomic E-state index is -1.37. The lowest BCUT2D eigenvalue weighted by molar-refractivity contribution is -0.489. The zero-order chi connectivity index (χ0) is 23.6. The van der Waals surface area contributed by atoms with Crippen molar-refractivity contribution in [2.45, 2.75) is 53.1 Å². The van der Waals surface area contributed by atoms with E-state index in [2.05, 4.69) is 0 Å². The molecule has 0 saturated carbocycles. The third-order valence-electron chi connectivity index (χ3n) is 4.33. The fraction of sp³-hybridized carbons (Fsp3) is 0.591. The first-order valence-corrected chi connectivity index (χ1v) is 10.3. The molecule has 0 fully saturated rings. The molecule has 0 aliphatic heterocycles. The summed E-state index contributed by atoms with van der Waals surface area (Å²) in [6, 6.07) is 6.65. The van der Waals surface area contributed by atoms with E-state index in [1.54, 1.807) is 58.9 Å². The molecule has 0 radical (unpaired) electrons. The molecule has 0 amide bonds. The van der Waals surface area contributed by atoms with E-state index in [1.165, 1.54) is 0 Å². The molecule has 31 heavy (non-hydrogen) atoms. The van der Waals surface area contributed by atoms with Gasteiger partial charge in [-0.05, 0) is 65.2 Å². The van der Waals surface area contributed by atoms with Crippen LogP contribution in [0.2, 0.25) is 0 Å². The van der Waals surface area contributed by atoms with Gasteiger partial charge in [0.2, 0.25) is 6.54 Å². The Morgan fingerprint density at radius 1 is 1.00 bits per heavy atom. The Morgan fingerprint density at radius 2 is 1.52 bits per heavy atom. The molecule has 1 unspecified atom stereocenters. The molecule has 1 rings (SSSR count). The highest BCUT2D eigenvalue weighted by Crippen LogP contribution is 2.23. The number of hydrogen-bond donors (Lipinski definition) is 0. The van der Waals surface area contributed by atoms with E-state index in [9.17, 15) is 24.5 Å². The first kappa shape index (κ1) is 26.1. The van der Waals surface area contributed by atoms with Gasteiger partial charge >= 0.3 is 17.9 Å². The molecule has 172 valence electrons. The van der Waals surface area contributed by atoms with Gasteiger partial charge in [0.1, 0.15) is 5.60 Å². The van der Waals surface area contributed by atoms with Gasteiger partial charge in [-0.2, -0.15) is 0 Å². The number of esters is 3. The van der Waals surface area contributed by atoms with Crippen molar-refractivity contribution in [3.63, 3.8) is 0 Å². The maximum Gasteiger partial charge on any atom is 0.338 e. The van der Waals surface area contributed by atoms with E-state index in [0.717, 1.165) is 5.56 Å². The van der Waals surface area contributed by atoms with Crippen LogP contribution in [0.1, 0.15) is 57.0 Å². The molecular formula is C22H31NO8. The minimum Gasteiger partial charge on any atom is -0.465 e. The maximum atomic E-state index is 12.3. The summed E-state index contributed by atoms with van der Waals surface area (Å²) < 4.78 is 15.2. The largest absolute Gasteiger partial charge is 0.465 e. The van der Waals surface area contributed by atoms with Crippen LogP contribution in [-0.4, -0.2) is 48.2 Å². The Labute approximate surface area is 182 Å². The van der Waals surface area contributed by atoms with Crippen molar-refractivity contribution in [3.05, 3.63) is 45.5 Å². The zero-order valence-corrected chi connectivity index (χ0v) is 18.7. The number of ether oxygens (including phenoxy) is 3.